The van der Waals surface area contributed by atoms with E-state index in [1.165, 1.54) is 24.4 Å². The summed E-state index contributed by atoms with van der Waals surface area (Å²) in [7, 11) is 0. The fourth-order valence-corrected chi connectivity index (χ4v) is 1.59. The lowest BCUT2D eigenvalue weighted by atomic mass is 10.2. The van der Waals surface area contributed by atoms with Gasteiger partial charge < -0.3 is 5.32 Å². The Morgan fingerprint density at radius 1 is 1.05 bits per heavy atom. The smallest absolute Gasteiger partial charge is 0.191 e. The average molecular weight is 291 g/mol. The molecule has 3 nitrogen and oxygen atoms in total. The minimum Gasteiger partial charge on any atom is -0.329 e. The van der Waals surface area contributed by atoms with Gasteiger partial charge in [-0.25, -0.2) is 8.78 Å². The van der Waals surface area contributed by atoms with Crippen molar-refractivity contribution in [2.24, 2.45) is 5.10 Å². The van der Waals surface area contributed by atoms with E-state index in [-0.39, 0.29) is 16.6 Å². The molecule has 20 heavy (non-hydrogen) atoms. The maximum absolute atomic E-state index is 13.4. The number of nitrogens with zero attached hydrogens (tertiary/aromatic N) is 1. The predicted molar refractivity (Wildman–Crippen MR) is 79.8 cm³/mol. The highest BCUT2D eigenvalue weighted by molar-refractivity contribution is 7.80. The lowest BCUT2D eigenvalue weighted by molar-refractivity contribution is 0.628. The summed E-state index contributed by atoms with van der Waals surface area (Å²) in [5, 5.41) is 6.71. The molecule has 2 aromatic rings. The number of hydrogen-bond donors (Lipinski definition) is 2. The van der Waals surface area contributed by atoms with Crippen LogP contribution in [0, 0.1) is 11.6 Å². The number of halogens is 2. The van der Waals surface area contributed by atoms with Crippen molar-refractivity contribution in [3.63, 3.8) is 0 Å². The highest BCUT2D eigenvalue weighted by Crippen LogP contribution is 2.11. The van der Waals surface area contributed by atoms with E-state index < -0.39 is 5.82 Å². The first-order valence-electron chi connectivity index (χ1n) is 5.75. The Bertz CT molecular complexity index is 627. The summed E-state index contributed by atoms with van der Waals surface area (Å²) in [4.78, 5) is 0. The fraction of sp³-hybridized carbons (Fsp3) is 0. The first-order chi connectivity index (χ1) is 9.65. The van der Waals surface area contributed by atoms with Gasteiger partial charge in [-0.05, 0) is 42.0 Å². The second-order valence-electron chi connectivity index (χ2n) is 3.86. The molecule has 0 fully saturated rings. The van der Waals surface area contributed by atoms with Gasteiger partial charge in [0.15, 0.2) is 5.11 Å². The van der Waals surface area contributed by atoms with E-state index in [0.717, 1.165) is 0 Å². The van der Waals surface area contributed by atoms with E-state index in [9.17, 15) is 8.78 Å². The molecule has 2 rings (SSSR count). The standard InChI is InChI=1S/C14H11F2N3S/c15-11-7-5-10(6-8-11)9-17-19-14(20)18-13-4-2-1-3-12(13)16/h1-9H,(H2,18,19,20)/b17-9-. The molecule has 0 spiro atoms. The molecule has 0 amide bonds. The van der Waals surface area contributed by atoms with Crippen molar-refractivity contribution in [2.75, 3.05) is 5.32 Å². The zero-order chi connectivity index (χ0) is 14.4. The molecule has 0 heterocycles. The summed E-state index contributed by atoms with van der Waals surface area (Å²) in [6.07, 6.45) is 1.48. The van der Waals surface area contributed by atoms with Crippen molar-refractivity contribution in [3.05, 3.63) is 65.7 Å². The molecule has 0 atom stereocenters. The zero-order valence-electron chi connectivity index (χ0n) is 10.3. The number of nitrogens with one attached hydrogen (secondary N) is 2. The van der Waals surface area contributed by atoms with Gasteiger partial charge in [-0.2, -0.15) is 5.10 Å². The lowest BCUT2D eigenvalue weighted by Crippen LogP contribution is -2.24. The number of hydrogen-bond acceptors (Lipinski definition) is 2. The zero-order valence-corrected chi connectivity index (χ0v) is 11.1. The van der Waals surface area contributed by atoms with Crippen LogP contribution in [0.5, 0.6) is 0 Å². The number of hydrazone groups is 1. The van der Waals surface area contributed by atoms with Crippen LogP contribution >= 0.6 is 12.2 Å². The number of thiocarbonyl (C=S) groups is 1. The first-order valence-corrected chi connectivity index (χ1v) is 6.16. The van der Waals surface area contributed by atoms with Crippen molar-refractivity contribution < 1.29 is 8.78 Å². The summed E-state index contributed by atoms with van der Waals surface area (Å²) in [5.41, 5.74) is 3.53. The lowest BCUT2D eigenvalue weighted by Gasteiger charge is -2.07. The van der Waals surface area contributed by atoms with Crippen LogP contribution in [0.4, 0.5) is 14.5 Å². The second kappa shape index (κ2) is 6.72. The van der Waals surface area contributed by atoms with E-state index in [1.807, 2.05) is 0 Å². The Morgan fingerprint density at radius 2 is 1.75 bits per heavy atom. The molecule has 2 N–H and O–H groups in total. The van der Waals surface area contributed by atoms with E-state index >= 15 is 0 Å². The van der Waals surface area contributed by atoms with Crippen LogP contribution < -0.4 is 10.7 Å². The Labute approximate surface area is 120 Å². The van der Waals surface area contributed by atoms with Crippen LogP contribution in [0.1, 0.15) is 5.56 Å². The third kappa shape index (κ3) is 4.10. The molecule has 0 aliphatic carbocycles. The molecule has 0 aliphatic rings. The summed E-state index contributed by atoms with van der Waals surface area (Å²) >= 11 is 4.97. The van der Waals surface area contributed by atoms with Crippen molar-refractivity contribution in [3.8, 4) is 0 Å². The third-order valence-electron chi connectivity index (χ3n) is 2.37. The normalized spacial score (nSPS) is 10.5. The van der Waals surface area contributed by atoms with Crippen molar-refractivity contribution in [2.45, 2.75) is 0 Å². The molecule has 0 unspecified atom stereocenters. The summed E-state index contributed by atoms with van der Waals surface area (Å²) in [5.74, 6) is -0.717. The Hall–Kier alpha value is -2.34. The van der Waals surface area contributed by atoms with Crippen LogP contribution in [-0.2, 0) is 0 Å². The summed E-state index contributed by atoms with van der Waals surface area (Å²) < 4.78 is 26.0. The van der Waals surface area contributed by atoms with Gasteiger partial charge in [-0.3, -0.25) is 5.43 Å². The van der Waals surface area contributed by atoms with Crippen LogP contribution in [0.3, 0.4) is 0 Å². The minimum absolute atomic E-state index is 0.161. The van der Waals surface area contributed by atoms with Crippen LogP contribution in [-0.4, -0.2) is 11.3 Å². The molecule has 0 saturated heterocycles. The molecule has 6 heteroatoms. The molecule has 0 saturated carbocycles. The molecular weight excluding hydrogens is 280 g/mol. The molecule has 102 valence electrons. The van der Waals surface area contributed by atoms with Crippen molar-refractivity contribution in [1.82, 2.24) is 5.43 Å². The predicted octanol–water partition coefficient (Wildman–Crippen LogP) is 3.29. The van der Waals surface area contributed by atoms with Gasteiger partial charge in [0.25, 0.3) is 0 Å². The summed E-state index contributed by atoms with van der Waals surface area (Å²) in [6, 6.07) is 12.0. The SMILES string of the molecule is Fc1ccc(/C=N\NC(=S)Nc2ccccc2F)cc1. The van der Waals surface area contributed by atoms with Gasteiger partial charge in [0.05, 0.1) is 11.9 Å². The van der Waals surface area contributed by atoms with E-state index in [2.05, 4.69) is 15.8 Å². The monoisotopic (exact) mass is 291 g/mol. The van der Waals surface area contributed by atoms with Gasteiger partial charge in [0.1, 0.15) is 11.6 Å². The average Bonchev–Trinajstić information content (AvgIpc) is 2.44. The number of benzene rings is 2. The highest BCUT2D eigenvalue weighted by Gasteiger charge is 2.01. The third-order valence-corrected chi connectivity index (χ3v) is 2.57. The van der Waals surface area contributed by atoms with E-state index in [0.29, 0.717) is 5.56 Å². The Kier molecular flexibility index (Phi) is 4.73. The van der Waals surface area contributed by atoms with Crippen molar-refractivity contribution >= 4 is 29.2 Å². The molecule has 0 radical (unpaired) electrons. The largest absolute Gasteiger partial charge is 0.329 e. The van der Waals surface area contributed by atoms with Gasteiger partial charge in [0.2, 0.25) is 0 Å². The molecule has 2 aromatic carbocycles. The van der Waals surface area contributed by atoms with Crippen molar-refractivity contribution in [1.29, 1.82) is 0 Å². The van der Waals surface area contributed by atoms with Crippen LogP contribution in [0.25, 0.3) is 0 Å². The number of anilines is 1. The first kappa shape index (κ1) is 14.1. The van der Waals surface area contributed by atoms with Gasteiger partial charge in [0, 0.05) is 0 Å². The molecule has 0 bridgehead atoms. The van der Waals surface area contributed by atoms with Gasteiger partial charge in [-0.15, -0.1) is 0 Å². The summed E-state index contributed by atoms with van der Waals surface area (Å²) in [6.45, 7) is 0. The highest BCUT2D eigenvalue weighted by atomic mass is 32.1. The van der Waals surface area contributed by atoms with Gasteiger partial charge in [-0.1, -0.05) is 24.3 Å². The number of para-hydroxylation sites is 1. The topological polar surface area (TPSA) is 36.4 Å². The van der Waals surface area contributed by atoms with Crippen LogP contribution in [0.2, 0.25) is 0 Å². The molecule has 0 aromatic heterocycles. The molecular formula is C14H11F2N3S. The van der Waals surface area contributed by atoms with E-state index in [1.54, 1.807) is 30.3 Å². The second-order valence-corrected chi connectivity index (χ2v) is 4.26. The maximum Gasteiger partial charge on any atom is 0.191 e. The maximum atomic E-state index is 13.4. The van der Waals surface area contributed by atoms with E-state index in [4.69, 9.17) is 12.2 Å². The fourth-order valence-electron chi connectivity index (χ4n) is 1.43. The molecule has 0 aliphatic heterocycles. The Morgan fingerprint density at radius 3 is 2.45 bits per heavy atom. The van der Waals surface area contributed by atoms with Crippen LogP contribution in [0.15, 0.2) is 53.6 Å². The Balaban J connectivity index is 1.89. The quantitative estimate of drug-likeness (QED) is 0.517. The number of rotatable bonds is 3. The minimum atomic E-state index is -0.404. The van der Waals surface area contributed by atoms with Gasteiger partial charge >= 0.3 is 0 Å².